The van der Waals surface area contributed by atoms with Crippen molar-refractivity contribution in [2.75, 3.05) is 19.6 Å². The smallest absolute Gasteiger partial charge is 0.252 e. The zero-order valence-electron chi connectivity index (χ0n) is 13.8. The van der Waals surface area contributed by atoms with Crippen LogP contribution >= 0.6 is 15.9 Å². The van der Waals surface area contributed by atoms with E-state index in [0.29, 0.717) is 0 Å². The maximum atomic E-state index is 12.6. The molecule has 3 rings (SSSR count). The van der Waals surface area contributed by atoms with Gasteiger partial charge in [-0.15, -0.1) is 0 Å². The molecular formula is C19H27BrN2O. The van der Waals surface area contributed by atoms with Crippen LogP contribution in [0.25, 0.3) is 0 Å². The van der Waals surface area contributed by atoms with E-state index in [4.69, 9.17) is 0 Å². The normalized spacial score (nSPS) is 21.8. The Hall–Kier alpha value is -0.870. The van der Waals surface area contributed by atoms with Gasteiger partial charge < -0.3 is 5.32 Å². The highest BCUT2D eigenvalue weighted by Gasteiger charge is 2.38. The van der Waals surface area contributed by atoms with Crippen LogP contribution in [0.4, 0.5) is 0 Å². The fourth-order valence-corrected chi connectivity index (χ4v) is 4.63. The van der Waals surface area contributed by atoms with E-state index in [1.807, 2.05) is 24.3 Å². The van der Waals surface area contributed by atoms with Crippen molar-refractivity contribution in [1.82, 2.24) is 10.2 Å². The van der Waals surface area contributed by atoms with Crippen LogP contribution in [0.1, 0.15) is 61.7 Å². The average molecular weight is 379 g/mol. The van der Waals surface area contributed by atoms with Crippen LogP contribution in [-0.2, 0) is 0 Å². The highest BCUT2D eigenvalue weighted by molar-refractivity contribution is 9.10. The van der Waals surface area contributed by atoms with Crippen LogP contribution < -0.4 is 5.32 Å². The number of nitrogens with zero attached hydrogens (tertiary/aromatic N) is 1. The first-order valence-corrected chi connectivity index (χ1v) is 9.78. The number of halogens is 1. The third-order valence-electron chi connectivity index (χ3n) is 5.51. The molecule has 0 aromatic heterocycles. The van der Waals surface area contributed by atoms with E-state index < -0.39 is 0 Å². The Morgan fingerprint density at radius 3 is 2.39 bits per heavy atom. The van der Waals surface area contributed by atoms with Gasteiger partial charge in [-0.3, -0.25) is 9.69 Å². The van der Waals surface area contributed by atoms with Crippen LogP contribution in [0.15, 0.2) is 28.7 Å². The van der Waals surface area contributed by atoms with Gasteiger partial charge in [-0.25, -0.2) is 0 Å². The molecule has 0 unspecified atom stereocenters. The van der Waals surface area contributed by atoms with Crippen molar-refractivity contribution in [3.8, 4) is 0 Å². The number of amides is 1. The van der Waals surface area contributed by atoms with Crippen molar-refractivity contribution < 1.29 is 4.79 Å². The van der Waals surface area contributed by atoms with E-state index in [2.05, 4.69) is 26.1 Å². The van der Waals surface area contributed by atoms with Crippen molar-refractivity contribution in [3.05, 3.63) is 34.3 Å². The molecule has 0 spiro atoms. The second kappa shape index (κ2) is 7.80. The van der Waals surface area contributed by atoms with Gasteiger partial charge >= 0.3 is 0 Å². The predicted octanol–water partition coefficient (Wildman–Crippen LogP) is 4.37. The van der Waals surface area contributed by atoms with Crippen LogP contribution in [-0.4, -0.2) is 36.0 Å². The van der Waals surface area contributed by atoms with Gasteiger partial charge in [0.05, 0.1) is 5.56 Å². The summed E-state index contributed by atoms with van der Waals surface area (Å²) >= 11 is 3.48. The maximum Gasteiger partial charge on any atom is 0.252 e. The summed E-state index contributed by atoms with van der Waals surface area (Å²) in [5.41, 5.74) is 0.923. The minimum Gasteiger partial charge on any atom is -0.350 e. The number of hydrogen-bond donors (Lipinski definition) is 1. The molecule has 1 aromatic carbocycles. The lowest BCUT2D eigenvalue weighted by Crippen LogP contribution is -2.58. The monoisotopic (exact) mass is 378 g/mol. The number of carbonyl (C=O) groups is 1. The lowest BCUT2D eigenvalue weighted by Gasteiger charge is -2.48. The summed E-state index contributed by atoms with van der Waals surface area (Å²) in [5, 5.41) is 3.24. The minimum atomic E-state index is 0.0411. The molecule has 1 saturated heterocycles. The molecule has 1 saturated carbocycles. The molecule has 2 aliphatic rings. The largest absolute Gasteiger partial charge is 0.350 e. The summed E-state index contributed by atoms with van der Waals surface area (Å²) in [6.07, 6.45) is 10.3. The summed E-state index contributed by atoms with van der Waals surface area (Å²) in [6, 6.07) is 7.67. The second-order valence-electron chi connectivity index (χ2n) is 7.00. The zero-order chi connectivity index (χ0) is 16.1. The maximum absolute atomic E-state index is 12.6. The van der Waals surface area contributed by atoms with Crippen LogP contribution in [0.3, 0.4) is 0 Å². The summed E-state index contributed by atoms with van der Waals surface area (Å²) in [6.45, 7) is 3.18. The average Bonchev–Trinajstić information content (AvgIpc) is 2.62. The van der Waals surface area contributed by atoms with Crippen molar-refractivity contribution in [1.29, 1.82) is 0 Å². The van der Waals surface area contributed by atoms with Gasteiger partial charge in [-0.05, 0) is 66.8 Å². The molecule has 1 heterocycles. The number of benzene rings is 1. The number of rotatable bonds is 4. The molecule has 2 fully saturated rings. The topological polar surface area (TPSA) is 32.3 Å². The third-order valence-corrected chi connectivity index (χ3v) is 6.20. The first-order valence-electron chi connectivity index (χ1n) is 8.99. The van der Waals surface area contributed by atoms with Crippen molar-refractivity contribution in [2.24, 2.45) is 0 Å². The first kappa shape index (κ1) is 17.0. The van der Waals surface area contributed by atoms with Gasteiger partial charge in [0.15, 0.2) is 0 Å². The summed E-state index contributed by atoms with van der Waals surface area (Å²) in [7, 11) is 0. The van der Waals surface area contributed by atoms with E-state index in [-0.39, 0.29) is 11.4 Å². The highest BCUT2D eigenvalue weighted by Crippen LogP contribution is 2.35. The molecule has 4 heteroatoms. The number of likely N-dealkylation sites (tertiary alicyclic amines) is 1. The lowest BCUT2D eigenvalue weighted by molar-refractivity contribution is 0.0326. The SMILES string of the molecule is O=C(NCC1(N2CCCCC2)CCCCC1)c1ccccc1Br. The Bertz CT molecular complexity index is 534. The summed E-state index contributed by atoms with van der Waals surface area (Å²) in [5.74, 6) is 0.0411. The fourth-order valence-electron chi connectivity index (χ4n) is 4.17. The molecule has 1 aromatic rings. The molecular weight excluding hydrogens is 352 g/mol. The Labute approximate surface area is 148 Å². The molecule has 126 valence electrons. The Morgan fingerprint density at radius 1 is 1.04 bits per heavy atom. The molecule has 1 N–H and O–H groups in total. The number of piperidine rings is 1. The van der Waals surface area contributed by atoms with E-state index in [1.165, 1.54) is 64.5 Å². The molecule has 1 aliphatic heterocycles. The van der Waals surface area contributed by atoms with Crippen LogP contribution in [0.5, 0.6) is 0 Å². The number of carbonyl (C=O) groups excluding carboxylic acids is 1. The predicted molar refractivity (Wildman–Crippen MR) is 97.7 cm³/mol. The van der Waals surface area contributed by atoms with E-state index >= 15 is 0 Å². The van der Waals surface area contributed by atoms with Gasteiger partial charge in [-0.2, -0.15) is 0 Å². The number of nitrogens with one attached hydrogen (secondary N) is 1. The first-order chi connectivity index (χ1) is 11.2. The quantitative estimate of drug-likeness (QED) is 0.843. The second-order valence-corrected chi connectivity index (χ2v) is 7.85. The lowest BCUT2D eigenvalue weighted by atomic mass is 9.79. The molecule has 23 heavy (non-hydrogen) atoms. The molecule has 0 bridgehead atoms. The molecule has 1 amide bonds. The van der Waals surface area contributed by atoms with Gasteiger partial charge in [0, 0.05) is 16.6 Å². The van der Waals surface area contributed by atoms with Gasteiger partial charge in [0.1, 0.15) is 0 Å². The molecule has 1 aliphatic carbocycles. The Balaban J connectivity index is 1.69. The van der Waals surface area contributed by atoms with Crippen molar-refractivity contribution in [3.63, 3.8) is 0 Å². The van der Waals surface area contributed by atoms with E-state index in [1.54, 1.807) is 0 Å². The molecule has 3 nitrogen and oxygen atoms in total. The minimum absolute atomic E-state index is 0.0411. The fraction of sp³-hybridized carbons (Fsp3) is 0.632. The standard InChI is InChI=1S/C19H27BrN2O/c20-17-10-4-3-9-16(17)18(23)21-15-19(11-5-1-6-12-19)22-13-7-2-8-14-22/h3-4,9-10H,1-2,5-8,11-15H2,(H,21,23). The molecule has 0 atom stereocenters. The zero-order valence-corrected chi connectivity index (χ0v) is 15.4. The van der Waals surface area contributed by atoms with Gasteiger partial charge in [-0.1, -0.05) is 37.8 Å². The van der Waals surface area contributed by atoms with Crippen molar-refractivity contribution >= 4 is 21.8 Å². The Morgan fingerprint density at radius 2 is 1.70 bits per heavy atom. The van der Waals surface area contributed by atoms with Gasteiger partial charge in [0.2, 0.25) is 0 Å². The summed E-state index contributed by atoms with van der Waals surface area (Å²) in [4.78, 5) is 15.3. The van der Waals surface area contributed by atoms with Crippen molar-refractivity contribution in [2.45, 2.75) is 56.9 Å². The molecule has 0 radical (unpaired) electrons. The highest BCUT2D eigenvalue weighted by atomic mass is 79.9. The summed E-state index contributed by atoms with van der Waals surface area (Å²) < 4.78 is 0.869. The van der Waals surface area contributed by atoms with Gasteiger partial charge in [0.25, 0.3) is 5.91 Å². The van der Waals surface area contributed by atoms with E-state index in [9.17, 15) is 4.79 Å². The van der Waals surface area contributed by atoms with Crippen LogP contribution in [0.2, 0.25) is 0 Å². The Kier molecular flexibility index (Phi) is 5.76. The van der Waals surface area contributed by atoms with E-state index in [0.717, 1.165) is 16.6 Å². The number of hydrogen-bond acceptors (Lipinski definition) is 2. The van der Waals surface area contributed by atoms with Crippen LogP contribution in [0, 0.1) is 0 Å². The third kappa shape index (κ3) is 3.97.